The van der Waals surface area contributed by atoms with Gasteiger partial charge in [0.1, 0.15) is 17.1 Å². The van der Waals surface area contributed by atoms with Crippen LogP contribution in [0, 0.1) is 0 Å². The van der Waals surface area contributed by atoms with Gasteiger partial charge in [0.15, 0.2) is 0 Å². The highest BCUT2D eigenvalue weighted by Crippen LogP contribution is 2.35. The molecule has 0 saturated carbocycles. The summed E-state index contributed by atoms with van der Waals surface area (Å²) in [5.74, 6) is 0.221. The van der Waals surface area contributed by atoms with E-state index in [2.05, 4.69) is 20.6 Å². The van der Waals surface area contributed by atoms with Crippen molar-refractivity contribution in [2.75, 3.05) is 17.2 Å². The number of hydrogen-bond donors (Lipinski definition) is 2. The minimum atomic E-state index is -4.61. The van der Waals surface area contributed by atoms with E-state index in [0.717, 1.165) is 19.0 Å². The molecular weight excluding hydrogens is 417 g/mol. The van der Waals surface area contributed by atoms with E-state index in [-0.39, 0.29) is 11.8 Å². The first kappa shape index (κ1) is 21.7. The van der Waals surface area contributed by atoms with Crippen LogP contribution in [0.4, 0.5) is 36.3 Å². The van der Waals surface area contributed by atoms with Crippen LogP contribution in [0.1, 0.15) is 25.3 Å². The molecule has 0 aliphatic heterocycles. The fourth-order valence-electron chi connectivity index (χ4n) is 2.54. The molecule has 1 heterocycles. The van der Waals surface area contributed by atoms with Crippen molar-refractivity contribution in [3.8, 4) is 5.75 Å². The number of benzene rings is 2. The molecule has 0 bridgehead atoms. The van der Waals surface area contributed by atoms with Crippen molar-refractivity contribution in [3.05, 3.63) is 65.3 Å². The molecule has 9 heteroatoms. The maximum Gasteiger partial charge on any atom is 0.421 e. The smallest absolute Gasteiger partial charge is 0.421 e. The molecule has 0 atom stereocenters. The fraction of sp³-hybridized carbons (Fsp3) is 0.238. The fourth-order valence-corrected chi connectivity index (χ4v) is 2.67. The molecule has 0 radical (unpaired) electrons. The predicted octanol–water partition coefficient (Wildman–Crippen LogP) is 6.81. The number of nitrogens with one attached hydrogen (secondary N) is 2. The summed E-state index contributed by atoms with van der Waals surface area (Å²) in [6, 6.07) is 13.4. The molecule has 0 saturated heterocycles. The second-order valence-electron chi connectivity index (χ2n) is 6.44. The number of aromatic nitrogens is 2. The standard InChI is InChI=1S/C21H20ClF3N4O/c1-2-3-11-30-17-6-4-5-16(12-17)27-19-18(21(23,24)25)13-26-20(29-19)28-15-9-7-14(22)8-10-15/h4-10,12-13H,2-3,11H2,1H3,(H2,26,27,28,29). The van der Waals surface area contributed by atoms with Crippen LogP contribution in [0.15, 0.2) is 54.7 Å². The van der Waals surface area contributed by atoms with Crippen LogP contribution in [0.3, 0.4) is 0 Å². The Labute approximate surface area is 177 Å². The summed E-state index contributed by atoms with van der Waals surface area (Å²) in [6.45, 7) is 2.58. The van der Waals surface area contributed by atoms with Crippen LogP contribution in [-0.4, -0.2) is 16.6 Å². The van der Waals surface area contributed by atoms with Crippen LogP contribution >= 0.6 is 11.6 Å². The van der Waals surface area contributed by atoms with E-state index in [9.17, 15) is 13.2 Å². The normalized spacial score (nSPS) is 11.2. The van der Waals surface area contributed by atoms with Crippen LogP contribution in [0.2, 0.25) is 5.02 Å². The van der Waals surface area contributed by atoms with E-state index >= 15 is 0 Å². The largest absolute Gasteiger partial charge is 0.494 e. The Kier molecular flexibility index (Phi) is 6.99. The van der Waals surface area contributed by atoms with Crippen molar-refractivity contribution in [2.24, 2.45) is 0 Å². The van der Waals surface area contributed by atoms with Gasteiger partial charge in [0.05, 0.1) is 6.61 Å². The molecule has 5 nitrogen and oxygen atoms in total. The first-order valence-electron chi connectivity index (χ1n) is 9.32. The summed E-state index contributed by atoms with van der Waals surface area (Å²) in [4.78, 5) is 7.82. The molecule has 0 aliphatic carbocycles. The van der Waals surface area contributed by atoms with Crippen molar-refractivity contribution >= 4 is 34.7 Å². The molecule has 3 rings (SSSR count). The number of nitrogens with zero attached hydrogens (tertiary/aromatic N) is 2. The average Bonchev–Trinajstić information content (AvgIpc) is 2.70. The SMILES string of the molecule is CCCCOc1cccc(Nc2nc(Nc3ccc(Cl)cc3)ncc2C(F)(F)F)c1. The minimum absolute atomic E-state index is 0.0168. The lowest BCUT2D eigenvalue weighted by molar-refractivity contribution is -0.137. The zero-order chi connectivity index (χ0) is 21.6. The van der Waals surface area contributed by atoms with Crippen LogP contribution in [0.25, 0.3) is 0 Å². The lowest BCUT2D eigenvalue weighted by atomic mass is 10.2. The molecule has 3 aromatic rings. The molecule has 0 amide bonds. The topological polar surface area (TPSA) is 59.1 Å². The second-order valence-corrected chi connectivity index (χ2v) is 6.88. The van der Waals surface area contributed by atoms with E-state index in [1.54, 1.807) is 48.5 Å². The minimum Gasteiger partial charge on any atom is -0.494 e. The van der Waals surface area contributed by atoms with Gasteiger partial charge in [0.25, 0.3) is 0 Å². The number of unbranched alkanes of at least 4 members (excludes halogenated alkanes) is 1. The van der Waals surface area contributed by atoms with E-state index in [1.807, 2.05) is 6.92 Å². The van der Waals surface area contributed by atoms with Gasteiger partial charge in [-0.15, -0.1) is 0 Å². The van der Waals surface area contributed by atoms with Crippen molar-refractivity contribution in [3.63, 3.8) is 0 Å². The Balaban J connectivity index is 1.86. The van der Waals surface area contributed by atoms with Gasteiger partial charge in [-0.3, -0.25) is 0 Å². The highest BCUT2D eigenvalue weighted by atomic mass is 35.5. The summed E-state index contributed by atoms with van der Waals surface area (Å²) in [5.41, 5.74) is 0.0449. The van der Waals surface area contributed by atoms with E-state index in [0.29, 0.717) is 28.8 Å². The van der Waals surface area contributed by atoms with Crippen molar-refractivity contribution in [1.82, 2.24) is 9.97 Å². The molecular formula is C21H20ClF3N4O. The van der Waals surface area contributed by atoms with E-state index in [4.69, 9.17) is 16.3 Å². The molecule has 2 aromatic carbocycles. The van der Waals surface area contributed by atoms with Gasteiger partial charge in [-0.25, -0.2) is 4.98 Å². The third-order valence-corrected chi connectivity index (χ3v) is 4.31. The Hall–Kier alpha value is -3.00. The molecule has 0 aliphatic rings. The third-order valence-electron chi connectivity index (χ3n) is 4.06. The predicted molar refractivity (Wildman–Crippen MR) is 112 cm³/mol. The zero-order valence-corrected chi connectivity index (χ0v) is 16.9. The Morgan fingerprint density at radius 1 is 1.03 bits per heavy atom. The monoisotopic (exact) mass is 436 g/mol. The molecule has 0 spiro atoms. The van der Waals surface area contributed by atoms with Gasteiger partial charge < -0.3 is 15.4 Å². The number of ether oxygens (including phenoxy) is 1. The molecule has 0 fully saturated rings. The summed E-state index contributed by atoms with van der Waals surface area (Å²) in [5, 5.41) is 6.14. The third kappa shape index (κ3) is 6.00. The summed E-state index contributed by atoms with van der Waals surface area (Å²) < 4.78 is 46.0. The molecule has 30 heavy (non-hydrogen) atoms. The first-order chi connectivity index (χ1) is 14.3. The summed E-state index contributed by atoms with van der Waals surface area (Å²) in [7, 11) is 0. The molecule has 2 N–H and O–H groups in total. The number of alkyl halides is 3. The lowest BCUT2D eigenvalue weighted by Crippen LogP contribution is -2.12. The maximum atomic E-state index is 13.5. The first-order valence-corrected chi connectivity index (χ1v) is 9.69. The summed E-state index contributed by atoms with van der Waals surface area (Å²) >= 11 is 5.85. The number of halogens is 4. The quantitative estimate of drug-likeness (QED) is 0.379. The Bertz CT molecular complexity index is 981. The number of hydrogen-bond acceptors (Lipinski definition) is 5. The van der Waals surface area contributed by atoms with Crippen molar-refractivity contribution in [2.45, 2.75) is 25.9 Å². The van der Waals surface area contributed by atoms with E-state index < -0.39 is 11.7 Å². The van der Waals surface area contributed by atoms with Crippen molar-refractivity contribution < 1.29 is 17.9 Å². The Morgan fingerprint density at radius 2 is 1.80 bits per heavy atom. The van der Waals surface area contributed by atoms with Gasteiger partial charge in [-0.05, 0) is 42.8 Å². The van der Waals surface area contributed by atoms with Crippen LogP contribution in [0.5, 0.6) is 5.75 Å². The maximum absolute atomic E-state index is 13.5. The van der Waals surface area contributed by atoms with E-state index in [1.165, 1.54) is 0 Å². The van der Waals surface area contributed by atoms with Gasteiger partial charge in [0.2, 0.25) is 5.95 Å². The van der Waals surface area contributed by atoms with Crippen LogP contribution in [-0.2, 0) is 6.18 Å². The Morgan fingerprint density at radius 3 is 2.50 bits per heavy atom. The number of rotatable bonds is 8. The number of anilines is 4. The van der Waals surface area contributed by atoms with Gasteiger partial charge >= 0.3 is 6.18 Å². The van der Waals surface area contributed by atoms with Gasteiger partial charge in [0, 0.05) is 28.7 Å². The molecule has 0 unspecified atom stereocenters. The lowest BCUT2D eigenvalue weighted by Gasteiger charge is -2.15. The highest BCUT2D eigenvalue weighted by Gasteiger charge is 2.35. The highest BCUT2D eigenvalue weighted by molar-refractivity contribution is 6.30. The average molecular weight is 437 g/mol. The molecule has 158 valence electrons. The van der Waals surface area contributed by atoms with Gasteiger partial charge in [-0.1, -0.05) is 31.0 Å². The van der Waals surface area contributed by atoms with Crippen molar-refractivity contribution in [1.29, 1.82) is 0 Å². The van der Waals surface area contributed by atoms with Gasteiger partial charge in [-0.2, -0.15) is 18.2 Å². The molecule has 1 aromatic heterocycles. The zero-order valence-electron chi connectivity index (χ0n) is 16.1. The van der Waals surface area contributed by atoms with Crippen LogP contribution < -0.4 is 15.4 Å². The second kappa shape index (κ2) is 9.67. The summed E-state index contributed by atoms with van der Waals surface area (Å²) in [6.07, 6.45) is -2.00.